The van der Waals surface area contributed by atoms with E-state index in [0.717, 1.165) is 16.7 Å². The molecule has 6 atom stereocenters. The normalized spacial score (nSPS) is 26.1. The van der Waals surface area contributed by atoms with Gasteiger partial charge in [0.2, 0.25) is 23.6 Å². The van der Waals surface area contributed by atoms with Crippen molar-refractivity contribution in [3.05, 3.63) is 119 Å². The summed E-state index contributed by atoms with van der Waals surface area (Å²) in [5, 5.41) is 11.4. The monoisotopic (exact) mass is 724 g/mol. The first kappa shape index (κ1) is 34.9. The lowest BCUT2D eigenvalue weighted by Crippen LogP contribution is -2.48. The molecule has 0 radical (unpaired) electrons. The van der Waals surface area contributed by atoms with Gasteiger partial charge in [-0.05, 0) is 91.9 Å². The summed E-state index contributed by atoms with van der Waals surface area (Å²) in [6.07, 6.45) is 6.29. The number of allylic oxidation sites excluding steroid dienone is 2. The second-order valence-electron chi connectivity index (χ2n) is 14.5. The van der Waals surface area contributed by atoms with Crippen LogP contribution >= 0.6 is 0 Å². The second kappa shape index (κ2) is 13.4. The molecule has 0 spiro atoms. The Morgan fingerprint density at radius 3 is 2.11 bits per heavy atom. The molecule has 4 aromatic carbocycles. The molecule has 54 heavy (non-hydrogen) atoms. The highest BCUT2D eigenvalue weighted by Gasteiger charge is 2.68. The number of aromatic hydroxyl groups is 1. The van der Waals surface area contributed by atoms with Crippen LogP contribution in [0, 0.1) is 29.1 Å². The molecule has 4 aromatic rings. The number of anilines is 2. The predicted octanol–water partition coefficient (Wildman–Crippen LogP) is 7.02. The van der Waals surface area contributed by atoms with Crippen molar-refractivity contribution in [1.82, 2.24) is 0 Å². The fraction of sp³-hybridized carbons (Fsp3) is 0.273. The van der Waals surface area contributed by atoms with Crippen molar-refractivity contribution in [2.24, 2.45) is 29.1 Å². The van der Waals surface area contributed by atoms with Gasteiger partial charge >= 0.3 is 0 Å². The number of carbonyl (C=O) groups is 4. The molecule has 1 saturated carbocycles. The average molecular weight is 725 g/mol. The largest absolute Gasteiger partial charge is 0.508 e. The maximum absolute atomic E-state index is 14.6. The number of benzene rings is 4. The van der Waals surface area contributed by atoms with Crippen molar-refractivity contribution < 1.29 is 38.5 Å². The van der Waals surface area contributed by atoms with Crippen molar-refractivity contribution in [3.63, 3.8) is 0 Å². The van der Waals surface area contributed by atoms with Gasteiger partial charge in [0.15, 0.2) is 0 Å². The molecule has 0 aromatic heterocycles. The van der Waals surface area contributed by atoms with E-state index in [1.54, 1.807) is 69.7 Å². The Hall–Kier alpha value is -6.16. The minimum Gasteiger partial charge on any atom is -0.508 e. The van der Waals surface area contributed by atoms with E-state index in [1.807, 2.05) is 54.6 Å². The molecular weight excluding hydrogens is 684 g/mol. The maximum Gasteiger partial charge on any atom is 0.241 e. The summed E-state index contributed by atoms with van der Waals surface area (Å²) in [5.74, 6) is -2.99. The van der Waals surface area contributed by atoms with Crippen LogP contribution in [0.2, 0.25) is 0 Å². The number of imide groups is 2. The maximum atomic E-state index is 14.6. The molecule has 2 heterocycles. The number of amides is 4. The van der Waals surface area contributed by atoms with Crippen LogP contribution in [0.15, 0.2) is 103 Å². The van der Waals surface area contributed by atoms with Crippen molar-refractivity contribution in [1.29, 1.82) is 0 Å². The zero-order valence-electron chi connectivity index (χ0n) is 30.4. The molecule has 8 rings (SSSR count). The molecule has 3 fully saturated rings. The lowest BCUT2D eigenvalue weighted by molar-refractivity contribution is -0.131. The summed E-state index contributed by atoms with van der Waals surface area (Å²) in [6, 6.07) is 26.4. The molecule has 2 saturated heterocycles. The van der Waals surface area contributed by atoms with Gasteiger partial charge in [-0.3, -0.25) is 24.1 Å². The number of rotatable bonds is 8. The topological polar surface area (TPSA) is 123 Å². The number of phenolic OH excluding ortho intramolecular Hbond substituents is 1. The first-order valence-corrected chi connectivity index (χ1v) is 18.0. The first-order valence-electron chi connectivity index (χ1n) is 18.0. The van der Waals surface area contributed by atoms with Gasteiger partial charge in [0, 0.05) is 17.0 Å². The number of hydrogen-bond acceptors (Lipinski definition) is 8. The van der Waals surface area contributed by atoms with E-state index >= 15 is 0 Å². The minimum absolute atomic E-state index is 0.0442. The van der Waals surface area contributed by atoms with E-state index in [4.69, 9.17) is 14.2 Å². The summed E-state index contributed by atoms with van der Waals surface area (Å²) in [6.45, 7) is 1.79. The van der Waals surface area contributed by atoms with Crippen LogP contribution in [-0.4, -0.2) is 50.1 Å². The number of nitrogens with zero attached hydrogens (tertiary/aromatic N) is 2. The molecule has 4 amide bonds. The summed E-state index contributed by atoms with van der Waals surface area (Å²) in [4.78, 5) is 60.2. The van der Waals surface area contributed by atoms with Gasteiger partial charge in [-0.15, -0.1) is 0 Å². The fourth-order valence-electron chi connectivity index (χ4n) is 9.22. The Morgan fingerprint density at radius 2 is 1.41 bits per heavy atom. The molecule has 6 unspecified atom stereocenters. The van der Waals surface area contributed by atoms with E-state index in [1.165, 1.54) is 23.0 Å². The third-order valence-electron chi connectivity index (χ3n) is 11.9. The summed E-state index contributed by atoms with van der Waals surface area (Å²) >= 11 is 0. The number of ether oxygens (including phenoxy) is 3. The van der Waals surface area contributed by atoms with Crippen LogP contribution in [0.4, 0.5) is 11.4 Å². The average Bonchev–Trinajstić information content (AvgIpc) is 3.57. The highest BCUT2D eigenvalue weighted by molar-refractivity contribution is 6.25. The zero-order chi connectivity index (χ0) is 37.9. The van der Waals surface area contributed by atoms with Gasteiger partial charge in [0.1, 0.15) is 23.0 Å². The summed E-state index contributed by atoms with van der Waals surface area (Å²) in [5.41, 5.74) is 2.55. The molecule has 1 N–H and O–H groups in total. The minimum atomic E-state index is -1.28. The lowest BCUT2D eigenvalue weighted by Gasteiger charge is -2.49. The van der Waals surface area contributed by atoms with Crippen LogP contribution in [0.3, 0.4) is 0 Å². The third kappa shape index (κ3) is 5.30. The molecule has 274 valence electrons. The van der Waals surface area contributed by atoms with Crippen LogP contribution in [0.25, 0.3) is 12.2 Å². The molecule has 2 aliphatic heterocycles. The van der Waals surface area contributed by atoms with Gasteiger partial charge < -0.3 is 19.3 Å². The Balaban J connectivity index is 1.14. The van der Waals surface area contributed by atoms with Crippen LogP contribution < -0.4 is 24.0 Å². The zero-order valence-corrected chi connectivity index (χ0v) is 30.4. The van der Waals surface area contributed by atoms with Crippen molar-refractivity contribution in [3.8, 4) is 23.0 Å². The number of phenols is 1. The van der Waals surface area contributed by atoms with Crippen molar-refractivity contribution in [2.45, 2.75) is 25.7 Å². The highest BCUT2D eigenvalue weighted by Crippen LogP contribution is 2.64. The number of fused-ring (bicyclic) bond motifs is 4. The Labute approximate surface area is 313 Å². The molecule has 10 heteroatoms. The number of methoxy groups -OCH3 is 3. The van der Waals surface area contributed by atoms with Gasteiger partial charge in [-0.2, -0.15) is 0 Å². The van der Waals surface area contributed by atoms with Gasteiger partial charge in [0.25, 0.3) is 0 Å². The van der Waals surface area contributed by atoms with Crippen LogP contribution in [0.1, 0.15) is 42.4 Å². The SMILES string of the molecule is COc1ccc(OC)c(C=Cc2ccc(N3C(=O)C4CC=C5C(CC6C(=O)N(c7ccccc7)C(=O)C6(C)C5c5cc(OC)ccc5O)C4C3=O)cc2)c1. The van der Waals surface area contributed by atoms with Gasteiger partial charge in [0.05, 0.1) is 55.9 Å². The van der Waals surface area contributed by atoms with E-state index in [0.29, 0.717) is 34.2 Å². The molecule has 4 aliphatic rings. The van der Waals surface area contributed by atoms with Gasteiger partial charge in [-0.1, -0.05) is 54.1 Å². The molecular formula is C44H40N2O8. The van der Waals surface area contributed by atoms with E-state index in [9.17, 15) is 24.3 Å². The van der Waals surface area contributed by atoms with Crippen molar-refractivity contribution in [2.75, 3.05) is 31.1 Å². The highest BCUT2D eigenvalue weighted by atomic mass is 16.5. The number of para-hydroxylation sites is 1. The molecule has 0 bridgehead atoms. The van der Waals surface area contributed by atoms with Crippen LogP contribution in [0.5, 0.6) is 23.0 Å². The number of carbonyl (C=O) groups excluding carboxylic acids is 4. The van der Waals surface area contributed by atoms with E-state index < -0.39 is 35.0 Å². The summed E-state index contributed by atoms with van der Waals surface area (Å²) in [7, 11) is 4.73. The quantitative estimate of drug-likeness (QED) is 0.117. The third-order valence-corrected chi connectivity index (χ3v) is 11.9. The van der Waals surface area contributed by atoms with Crippen molar-refractivity contribution >= 4 is 47.2 Å². The number of hydrogen-bond donors (Lipinski definition) is 1. The Bertz CT molecular complexity index is 2250. The van der Waals surface area contributed by atoms with E-state index in [2.05, 4.69) is 0 Å². The fourth-order valence-corrected chi connectivity index (χ4v) is 9.22. The molecule has 2 aliphatic carbocycles. The standard InChI is InChI=1S/C44H40N2O8/c1-44-35(41(49)46(43(44)51)27-8-6-5-7-9-27)24-33-31(39(44)34-23-30(53-3)16-20-36(34)47)18-19-32-38(33)42(50)45(40(32)48)28-14-11-25(12-15-28)10-13-26-22-29(52-2)17-21-37(26)54-4/h5-18,20-23,32-33,35,38-39,47H,19,24H2,1-4H3. The molecule has 10 nitrogen and oxygen atoms in total. The lowest BCUT2D eigenvalue weighted by atomic mass is 9.51. The summed E-state index contributed by atoms with van der Waals surface area (Å²) < 4.78 is 16.4. The smallest absolute Gasteiger partial charge is 0.241 e. The van der Waals surface area contributed by atoms with Crippen LogP contribution in [-0.2, 0) is 19.2 Å². The van der Waals surface area contributed by atoms with Gasteiger partial charge in [-0.25, -0.2) is 4.90 Å². The predicted molar refractivity (Wildman–Crippen MR) is 203 cm³/mol. The second-order valence-corrected chi connectivity index (χ2v) is 14.5. The first-order chi connectivity index (χ1) is 26.1. The Kier molecular flexibility index (Phi) is 8.63. The van der Waals surface area contributed by atoms with E-state index in [-0.39, 0.29) is 42.2 Å². The Morgan fingerprint density at radius 1 is 0.722 bits per heavy atom.